The van der Waals surface area contributed by atoms with Gasteiger partial charge in [0.25, 0.3) is 0 Å². The SMILES string of the molecule is N=C(N)N1CCN(c2ccc(I)cc2)CC1.N=C(N)N1CCN(c2ccc(I)cc2)CC1.O=S(=O)(O)O. The Hall–Kier alpha value is -2.09. The molecule has 2 aromatic rings. The zero-order valence-corrected chi connectivity index (χ0v) is 25.2. The molecule has 2 aromatic carbocycles. The van der Waals surface area contributed by atoms with E-state index in [1.807, 2.05) is 9.80 Å². The molecule has 0 spiro atoms. The Labute approximate surface area is 244 Å². The minimum atomic E-state index is -4.67. The summed E-state index contributed by atoms with van der Waals surface area (Å²) in [5.74, 6) is 0.365. The van der Waals surface area contributed by atoms with E-state index in [1.165, 1.54) is 18.5 Å². The van der Waals surface area contributed by atoms with Crippen molar-refractivity contribution in [2.45, 2.75) is 0 Å². The molecule has 0 aromatic heterocycles. The van der Waals surface area contributed by atoms with E-state index in [1.54, 1.807) is 0 Å². The molecule has 0 radical (unpaired) electrons. The molecule has 2 aliphatic heterocycles. The first-order valence-corrected chi connectivity index (χ1v) is 14.8. The number of piperazine rings is 2. The molecule has 2 aliphatic rings. The maximum atomic E-state index is 8.74. The van der Waals surface area contributed by atoms with Crippen LogP contribution in [0.3, 0.4) is 0 Å². The Bertz CT molecular complexity index is 1040. The largest absolute Gasteiger partial charge is 0.394 e. The topological polar surface area (TPSA) is 187 Å². The quantitative estimate of drug-likeness (QED) is 0.115. The number of nitrogens with one attached hydrogen (secondary N) is 2. The van der Waals surface area contributed by atoms with Crippen molar-refractivity contribution in [1.82, 2.24) is 9.80 Å². The second-order valence-corrected chi connectivity index (χ2v) is 11.5. The van der Waals surface area contributed by atoms with E-state index in [-0.39, 0.29) is 11.9 Å². The fraction of sp³-hybridized carbons (Fsp3) is 0.364. The van der Waals surface area contributed by atoms with Crippen LogP contribution in [0.2, 0.25) is 0 Å². The van der Waals surface area contributed by atoms with Gasteiger partial charge in [-0.15, -0.1) is 0 Å². The molecule has 4 rings (SSSR count). The van der Waals surface area contributed by atoms with Gasteiger partial charge in [-0.3, -0.25) is 19.9 Å². The van der Waals surface area contributed by atoms with Crippen molar-refractivity contribution in [3.8, 4) is 0 Å². The third kappa shape index (κ3) is 11.9. The standard InChI is InChI=1S/2C11H15IN4.H2O4S/c2*12-9-1-3-10(4-2-9)15-5-7-16(8-6-15)11(13)14;1-5(2,3)4/h2*1-4H,5-8H2,(H3,13,14);(H2,1,2,3,4). The van der Waals surface area contributed by atoms with E-state index in [0.717, 1.165) is 52.4 Å². The lowest BCUT2D eigenvalue weighted by Gasteiger charge is -2.36. The molecule has 0 amide bonds. The van der Waals surface area contributed by atoms with Crippen LogP contribution < -0.4 is 21.3 Å². The van der Waals surface area contributed by atoms with Crippen LogP contribution in [-0.2, 0) is 10.4 Å². The lowest BCUT2D eigenvalue weighted by Crippen LogP contribution is -2.50. The monoisotopic (exact) mass is 758 g/mol. The zero-order chi connectivity index (χ0) is 27.6. The van der Waals surface area contributed by atoms with Gasteiger partial charge in [0.2, 0.25) is 0 Å². The highest BCUT2D eigenvalue weighted by molar-refractivity contribution is 14.1. The Morgan fingerprint density at radius 1 is 0.649 bits per heavy atom. The van der Waals surface area contributed by atoms with Crippen LogP contribution in [0.25, 0.3) is 0 Å². The molecule has 2 heterocycles. The minimum absolute atomic E-state index is 0.183. The first kappa shape index (κ1) is 31.1. The third-order valence-corrected chi connectivity index (χ3v) is 7.06. The van der Waals surface area contributed by atoms with Gasteiger partial charge in [0.1, 0.15) is 0 Å². The van der Waals surface area contributed by atoms with Gasteiger partial charge in [0.05, 0.1) is 0 Å². The summed E-state index contributed by atoms with van der Waals surface area (Å²) in [6.07, 6.45) is 0. The Kier molecular flexibility index (Phi) is 12.4. The smallest absolute Gasteiger partial charge is 0.370 e. The summed E-state index contributed by atoms with van der Waals surface area (Å²) in [4.78, 5) is 8.47. The summed E-state index contributed by atoms with van der Waals surface area (Å²) >= 11 is 4.62. The van der Waals surface area contributed by atoms with Gasteiger partial charge >= 0.3 is 10.4 Å². The predicted octanol–water partition coefficient (Wildman–Crippen LogP) is 1.96. The molecule has 37 heavy (non-hydrogen) atoms. The van der Waals surface area contributed by atoms with Crippen LogP contribution in [-0.4, -0.2) is 91.6 Å². The van der Waals surface area contributed by atoms with Crippen LogP contribution in [0.15, 0.2) is 48.5 Å². The fourth-order valence-corrected chi connectivity index (χ4v) is 4.43. The molecule has 0 bridgehead atoms. The van der Waals surface area contributed by atoms with Crippen LogP contribution in [0.1, 0.15) is 0 Å². The first-order valence-electron chi connectivity index (χ1n) is 11.2. The van der Waals surface area contributed by atoms with Gasteiger partial charge in [-0.1, -0.05) is 0 Å². The third-order valence-electron chi connectivity index (χ3n) is 5.62. The highest BCUT2D eigenvalue weighted by Crippen LogP contribution is 2.19. The average molecular weight is 758 g/mol. The molecule has 15 heteroatoms. The van der Waals surface area contributed by atoms with E-state index in [0.29, 0.717) is 0 Å². The lowest BCUT2D eigenvalue weighted by atomic mass is 10.2. The molecular weight excluding hydrogens is 726 g/mol. The number of nitrogens with zero attached hydrogens (tertiary/aromatic N) is 4. The number of rotatable bonds is 2. The molecular formula is C22H32I2N8O4S. The van der Waals surface area contributed by atoms with Gasteiger partial charge in [0, 0.05) is 70.9 Å². The van der Waals surface area contributed by atoms with E-state index in [9.17, 15) is 0 Å². The van der Waals surface area contributed by atoms with Crippen LogP contribution in [0, 0.1) is 18.0 Å². The number of anilines is 2. The van der Waals surface area contributed by atoms with E-state index < -0.39 is 10.4 Å². The average Bonchev–Trinajstić information content (AvgIpc) is 2.84. The number of guanidine groups is 2. The number of halogens is 2. The van der Waals surface area contributed by atoms with E-state index in [2.05, 4.69) is 104 Å². The normalized spacial score (nSPS) is 15.7. The summed E-state index contributed by atoms with van der Waals surface area (Å²) in [5, 5.41) is 14.7. The number of hydrogen-bond acceptors (Lipinski definition) is 6. The molecule has 2 fully saturated rings. The van der Waals surface area contributed by atoms with Crippen molar-refractivity contribution in [2.24, 2.45) is 11.5 Å². The van der Waals surface area contributed by atoms with Crippen LogP contribution in [0.5, 0.6) is 0 Å². The number of hydrogen-bond donors (Lipinski definition) is 6. The molecule has 0 saturated carbocycles. The predicted molar refractivity (Wildman–Crippen MR) is 164 cm³/mol. The molecule has 12 nitrogen and oxygen atoms in total. The molecule has 2 saturated heterocycles. The second kappa shape index (κ2) is 14.7. The van der Waals surface area contributed by atoms with E-state index in [4.69, 9.17) is 39.8 Å². The van der Waals surface area contributed by atoms with Crippen molar-refractivity contribution in [3.05, 3.63) is 55.7 Å². The van der Waals surface area contributed by atoms with Crippen molar-refractivity contribution in [2.75, 3.05) is 62.2 Å². The van der Waals surface area contributed by atoms with Gasteiger partial charge in [-0.2, -0.15) is 8.42 Å². The Morgan fingerprint density at radius 2 is 0.892 bits per heavy atom. The number of nitrogens with two attached hydrogens (primary N) is 2. The summed E-state index contributed by atoms with van der Waals surface area (Å²) in [6, 6.07) is 17.0. The van der Waals surface area contributed by atoms with Crippen molar-refractivity contribution < 1.29 is 17.5 Å². The molecule has 0 atom stereocenters. The van der Waals surface area contributed by atoms with Crippen molar-refractivity contribution >= 4 is 78.9 Å². The van der Waals surface area contributed by atoms with Crippen molar-refractivity contribution in [1.29, 1.82) is 10.8 Å². The maximum Gasteiger partial charge on any atom is 0.394 e. The van der Waals surface area contributed by atoms with Gasteiger partial charge in [-0.05, 0) is 93.7 Å². The van der Waals surface area contributed by atoms with Gasteiger partial charge < -0.3 is 31.1 Å². The van der Waals surface area contributed by atoms with E-state index >= 15 is 0 Å². The summed E-state index contributed by atoms with van der Waals surface area (Å²) in [7, 11) is -4.67. The molecule has 0 aliphatic carbocycles. The van der Waals surface area contributed by atoms with Crippen LogP contribution >= 0.6 is 45.2 Å². The summed E-state index contributed by atoms with van der Waals surface area (Å²) < 4.78 is 34.1. The first-order chi connectivity index (χ1) is 17.3. The summed E-state index contributed by atoms with van der Waals surface area (Å²) in [5.41, 5.74) is 13.4. The molecule has 8 N–H and O–H groups in total. The van der Waals surface area contributed by atoms with Crippen molar-refractivity contribution in [3.63, 3.8) is 0 Å². The van der Waals surface area contributed by atoms with Gasteiger partial charge in [-0.25, -0.2) is 0 Å². The fourth-order valence-electron chi connectivity index (χ4n) is 3.71. The molecule has 204 valence electrons. The maximum absolute atomic E-state index is 8.74. The lowest BCUT2D eigenvalue weighted by molar-refractivity contribution is 0.380. The second-order valence-electron chi connectivity index (χ2n) is 8.12. The summed E-state index contributed by atoms with van der Waals surface area (Å²) in [6.45, 7) is 7.06. The number of benzene rings is 2. The van der Waals surface area contributed by atoms with Crippen LogP contribution in [0.4, 0.5) is 11.4 Å². The highest BCUT2D eigenvalue weighted by Gasteiger charge is 2.18. The highest BCUT2D eigenvalue weighted by atomic mass is 127. The zero-order valence-electron chi connectivity index (χ0n) is 20.1. The van der Waals surface area contributed by atoms with Gasteiger partial charge in [0.15, 0.2) is 11.9 Å². The minimum Gasteiger partial charge on any atom is -0.370 e. The molecule has 0 unspecified atom stereocenters. The Balaban J connectivity index is 0.000000221. The Morgan fingerprint density at radius 3 is 1.11 bits per heavy atom.